The average molecular weight is 329 g/mol. The molecule has 2 aromatic carbocycles. The monoisotopic (exact) mass is 328 g/mol. The third-order valence-corrected chi connectivity index (χ3v) is 4.26. The van der Waals surface area contributed by atoms with Crippen LogP contribution in [0.4, 0.5) is 0 Å². The lowest BCUT2D eigenvalue weighted by molar-refractivity contribution is -0.122. The van der Waals surface area contributed by atoms with Gasteiger partial charge in [0.25, 0.3) is 0 Å². The first-order valence-corrected chi connectivity index (χ1v) is 7.78. The predicted molar refractivity (Wildman–Crippen MR) is 91.0 cm³/mol. The molecule has 0 aliphatic heterocycles. The zero-order valence-corrected chi connectivity index (χ0v) is 13.5. The Labute approximate surface area is 140 Å². The maximum atomic E-state index is 12.1. The van der Waals surface area contributed by atoms with E-state index >= 15 is 0 Å². The first kappa shape index (κ1) is 15.6. The van der Waals surface area contributed by atoms with Gasteiger partial charge in [-0.05, 0) is 41.7 Å². The number of nitrogens with zero attached hydrogens (tertiary/aromatic N) is 1. The Morgan fingerprint density at radius 2 is 2.13 bits per heavy atom. The highest BCUT2D eigenvalue weighted by Crippen LogP contribution is 2.49. The number of nitrogens with one attached hydrogen (secondary N) is 1. The van der Waals surface area contributed by atoms with Gasteiger partial charge in [0.05, 0.1) is 13.3 Å². The molecule has 3 rings (SSSR count). The van der Waals surface area contributed by atoms with Crippen molar-refractivity contribution in [2.45, 2.75) is 12.3 Å². The van der Waals surface area contributed by atoms with Crippen LogP contribution in [0.1, 0.15) is 23.5 Å². The molecule has 4 nitrogen and oxygen atoms in total. The third-order valence-electron chi connectivity index (χ3n) is 3.91. The predicted octanol–water partition coefficient (Wildman–Crippen LogP) is 3.60. The van der Waals surface area contributed by atoms with Crippen LogP contribution in [-0.2, 0) is 4.79 Å². The van der Waals surface area contributed by atoms with Crippen LogP contribution in [0, 0.1) is 5.92 Å². The Morgan fingerprint density at radius 3 is 2.91 bits per heavy atom. The highest BCUT2D eigenvalue weighted by atomic mass is 35.5. The van der Waals surface area contributed by atoms with Gasteiger partial charge < -0.3 is 4.74 Å². The molecule has 0 heterocycles. The topological polar surface area (TPSA) is 50.7 Å². The molecule has 23 heavy (non-hydrogen) atoms. The molecule has 1 aliphatic rings. The van der Waals surface area contributed by atoms with Crippen LogP contribution in [0.2, 0.25) is 5.02 Å². The molecule has 2 atom stereocenters. The van der Waals surface area contributed by atoms with E-state index in [4.69, 9.17) is 16.3 Å². The van der Waals surface area contributed by atoms with Gasteiger partial charge in [0, 0.05) is 10.9 Å². The molecule has 1 N–H and O–H groups in total. The quantitative estimate of drug-likeness (QED) is 0.673. The molecular formula is C18H17ClN2O2. The number of hydrogen-bond donors (Lipinski definition) is 1. The van der Waals surface area contributed by atoms with Crippen molar-refractivity contribution in [2.75, 3.05) is 7.11 Å². The van der Waals surface area contributed by atoms with E-state index in [9.17, 15) is 4.79 Å². The van der Waals surface area contributed by atoms with Gasteiger partial charge >= 0.3 is 0 Å². The first-order chi connectivity index (χ1) is 11.2. The molecule has 0 aromatic heterocycles. The van der Waals surface area contributed by atoms with Crippen molar-refractivity contribution in [1.82, 2.24) is 5.43 Å². The molecule has 118 valence electrons. The summed E-state index contributed by atoms with van der Waals surface area (Å²) in [5, 5.41) is 4.73. The van der Waals surface area contributed by atoms with Crippen molar-refractivity contribution < 1.29 is 9.53 Å². The smallest absolute Gasteiger partial charge is 0.243 e. The molecule has 1 saturated carbocycles. The van der Waals surface area contributed by atoms with Gasteiger partial charge in [-0.2, -0.15) is 5.10 Å². The Hall–Kier alpha value is -2.33. The summed E-state index contributed by atoms with van der Waals surface area (Å²) in [6, 6.07) is 15.1. The number of ether oxygens (including phenoxy) is 1. The second-order valence-corrected chi connectivity index (χ2v) is 5.89. The Kier molecular flexibility index (Phi) is 4.63. The number of benzene rings is 2. The van der Waals surface area contributed by atoms with Gasteiger partial charge in [-0.3, -0.25) is 4.79 Å². The van der Waals surface area contributed by atoms with E-state index < -0.39 is 0 Å². The summed E-state index contributed by atoms with van der Waals surface area (Å²) in [4.78, 5) is 12.1. The minimum atomic E-state index is -0.0749. The minimum absolute atomic E-state index is 0.0580. The van der Waals surface area contributed by atoms with Crippen molar-refractivity contribution in [3.63, 3.8) is 0 Å². The van der Waals surface area contributed by atoms with E-state index in [1.165, 1.54) is 0 Å². The SMILES string of the molecule is COc1cccc(C=NNC(=O)C2CC2c2ccccc2Cl)c1. The van der Waals surface area contributed by atoms with Gasteiger partial charge in [0.2, 0.25) is 5.91 Å². The lowest BCUT2D eigenvalue weighted by Crippen LogP contribution is -2.20. The van der Waals surface area contributed by atoms with Crippen molar-refractivity contribution in [3.8, 4) is 5.75 Å². The van der Waals surface area contributed by atoms with Crippen molar-refractivity contribution >= 4 is 23.7 Å². The summed E-state index contributed by atoms with van der Waals surface area (Å²) in [5.41, 5.74) is 4.49. The number of rotatable bonds is 5. The average Bonchev–Trinajstić information content (AvgIpc) is 3.36. The third kappa shape index (κ3) is 3.71. The zero-order chi connectivity index (χ0) is 16.2. The van der Waals surface area contributed by atoms with Crippen molar-refractivity contribution in [3.05, 3.63) is 64.7 Å². The van der Waals surface area contributed by atoms with E-state index in [1.54, 1.807) is 13.3 Å². The Bertz CT molecular complexity index is 745. The number of hydrazone groups is 1. The second-order valence-electron chi connectivity index (χ2n) is 5.48. The maximum absolute atomic E-state index is 12.1. The number of hydrogen-bond acceptors (Lipinski definition) is 3. The fraction of sp³-hybridized carbons (Fsp3) is 0.222. The van der Waals surface area contributed by atoms with E-state index in [1.807, 2.05) is 48.5 Å². The molecule has 0 spiro atoms. The lowest BCUT2D eigenvalue weighted by Gasteiger charge is -2.03. The number of halogens is 1. The maximum Gasteiger partial charge on any atom is 0.243 e. The first-order valence-electron chi connectivity index (χ1n) is 7.40. The summed E-state index contributed by atoms with van der Waals surface area (Å²) < 4.78 is 5.14. The van der Waals surface area contributed by atoms with Crippen LogP contribution < -0.4 is 10.2 Å². The van der Waals surface area contributed by atoms with Crippen LogP contribution in [0.25, 0.3) is 0 Å². The minimum Gasteiger partial charge on any atom is -0.497 e. The molecule has 2 aromatic rings. The molecule has 1 amide bonds. The molecule has 0 saturated heterocycles. The fourth-order valence-electron chi connectivity index (χ4n) is 2.58. The summed E-state index contributed by atoms with van der Waals surface area (Å²) >= 11 is 6.17. The molecule has 2 unspecified atom stereocenters. The summed E-state index contributed by atoms with van der Waals surface area (Å²) in [6.07, 6.45) is 2.41. The van der Waals surface area contributed by atoms with E-state index in [-0.39, 0.29) is 17.7 Å². The van der Waals surface area contributed by atoms with E-state index in [2.05, 4.69) is 10.5 Å². The number of carbonyl (C=O) groups excluding carboxylic acids is 1. The Balaban J connectivity index is 1.56. The van der Waals surface area contributed by atoms with E-state index in [0.717, 1.165) is 23.3 Å². The molecular weight excluding hydrogens is 312 g/mol. The standard InChI is InChI=1S/C18H17ClN2O2/c1-23-13-6-4-5-12(9-13)11-20-21-18(22)16-10-15(16)14-7-2-3-8-17(14)19/h2-9,11,15-16H,10H2,1H3,(H,21,22). The summed E-state index contributed by atoms with van der Waals surface area (Å²) in [7, 11) is 1.61. The molecule has 1 aliphatic carbocycles. The van der Waals surface area contributed by atoms with Gasteiger partial charge in [0.1, 0.15) is 5.75 Å². The van der Waals surface area contributed by atoms with Crippen LogP contribution in [-0.4, -0.2) is 19.2 Å². The largest absolute Gasteiger partial charge is 0.497 e. The number of carbonyl (C=O) groups is 1. The highest BCUT2D eigenvalue weighted by molar-refractivity contribution is 6.31. The van der Waals surface area contributed by atoms with Gasteiger partial charge in [-0.1, -0.05) is 41.9 Å². The van der Waals surface area contributed by atoms with Crippen LogP contribution >= 0.6 is 11.6 Å². The van der Waals surface area contributed by atoms with Crippen molar-refractivity contribution in [1.29, 1.82) is 0 Å². The second kappa shape index (κ2) is 6.84. The van der Waals surface area contributed by atoms with Gasteiger partial charge in [-0.25, -0.2) is 5.43 Å². The summed E-state index contributed by atoms with van der Waals surface area (Å²) in [6.45, 7) is 0. The highest BCUT2D eigenvalue weighted by Gasteiger charge is 2.44. The summed E-state index contributed by atoms with van der Waals surface area (Å²) in [5.74, 6) is 0.809. The number of methoxy groups -OCH3 is 1. The van der Waals surface area contributed by atoms with Crippen molar-refractivity contribution in [2.24, 2.45) is 11.0 Å². The molecule has 5 heteroatoms. The normalized spacial score (nSPS) is 19.6. The zero-order valence-electron chi connectivity index (χ0n) is 12.7. The molecule has 0 radical (unpaired) electrons. The Morgan fingerprint density at radius 1 is 1.30 bits per heavy atom. The van der Waals surface area contributed by atoms with Gasteiger partial charge in [-0.15, -0.1) is 0 Å². The molecule has 1 fully saturated rings. The van der Waals surface area contributed by atoms with Crippen LogP contribution in [0.5, 0.6) is 5.75 Å². The van der Waals surface area contributed by atoms with Gasteiger partial charge in [0.15, 0.2) is 0 Å². The van der Waals surface area contributed by atoms with E-state index in [0.29, 0.717) is 5.02 Å². The van der Waals surface area contributed by atoms with Crippen LogP contribution in [0.3, 0.4) is 0 Å². The number of amides is 1. The van der Waals surface area contributed by atoms with Crippen LogP contribution in [0.15, 0.2) is 53.6 Å². The lowest BCUT2D eigenvalue weighted by atomic mass is 10.1. The fourth-order valence-corrected chi connectivity index (χ4v) is 2.86. The molecule has 0 bridgehead atoms.